The summed E-state index contributed by atoms with van der Waals surface area (Å²) in [6.07, 6.45) is 1.35. The fraction of sp³-hybridized carbons (Fsp3) is 0.333. The van der Waals surface area contributed by atoms with Crippen molar-refractivity contribution >= 4 is 28.9 Å². The van der Waals surface area contributed by atoms with Crippen molar-refractivity contribution in [2.45, 2.75) is 33.6 Å². The van der Waals surface area contributed by atoms with Crippen LogP contribution in [0.25, 0.3) is 0 Å². The molecule has 2 aromatic rings. The molecule has 2 rings (SSSR count). The Balaban J connectivity index is 1.94. The van der Waals surface area contributed by atoms with Gasteiger partial charge in [0.25, 0.3) is 0 Å². The van der Waals surface area contributed by atoms with Crippen LogP contribution in [0.15, 0.2) is 42.5 Å². The molecule has 2 amide bonds. The van der Waals surface area contributed by atoms with Crippen LogP contribution in [0.3, 0.4) is 0 Å². The lowest BCUT2D eigenvalue weighted by molar-refractivity contribution is -0.116. The summed E-state index contributed by atoms with van der Waals surface area (Å²) in [4.78, 5) is 23.8. The lowest BCUT2D eigenvalue weighted by Crippen LogP contribution is -2.22. The van der Waals surface area contributed by atoms with Crippen LogP contribution in [-0.2, 0) is 9.59 Å². The minimum absolute atomic E-state index is 0.0434. The Hall–Kier alpha value is -3.02. The van der Waals surface area contributed by atoms with Crippen LogP contribution in [0.4, 0.5) is 17.1 Å². The summed E-state index contributed by atoms with van der Waals surface area (Å²) in [5.74, 6) is 0.529. The van der Waals surface area contributed by atoms with Gasteiger partial charge in [-0.15, -0.1) is 0 Å². The van der Waals surface area contributed by atoms with E-state index in [0.717, 1.165) is 29.1 Å². The van der Waals surface area contributed by atoms with Crippen LogP contribution >= 0.6 is 0 Å². The van der Waals surface area contributed by atoms with Crippen LogP contribution in [0, 0.1) is 6.92 Å². The van der Waals surface area contributed by atoms with Crippen molar-refractivity contribution in [1.29, 1.82) is 0 Å². The zero-order valence-corrected chi connectivity index (χ0v) is 16.1. The number of carbonyl (C=O) groups excluding carboxylic acids is 2. The molecule has 144 valence electrons. The minimum Gasteiger partial charge on any atom is -0.494 e. The predicted molar refractivity (Wildman–Crippen MR) is 109 cm³/mol. The summed E-state index contributed by atoms with van der Waals surface area (Å²) < 4.78 is 5.58. The van der Waals surface area contributed by atoms with Gasteiger partial charge in [-0.05, 0) is 43.2 Å². The average Bonchev–Trinajstić information content (AvgIpc) is 2.67. The molecule has 0 aliphatic heterocycles. The Bertz CT molecular complexity index is 790. The van der Waals surface area contributed by atoms with Gasteiger partial charge in [0, 0.05) is 29.5 Å². The molecule has 0 aliphatic carbocycles. The lowest BCUT2D eigenvalue weighted by atomic mass is 10.1. The second-order valence-electron chi connectivity index (χ2n) is 6.16. The SMILES string of the molecule is CCCOc1cccc(NC(=O)CNc2cccc(NC(=O)CC)c2C)c1. The molecule has 6 heteroatoms. The second kappa shape index (κ2) is 10.2. The molecular formula is C21H27N3O3. The van der Waals surface area contributed by atoms with Crippen LogP contribution < -0.4 is 20.7 Å². The highest BCUT2D eigenvalue weighted by Gasteiger charge is 2.08. The number of hydrogen-bond acceptors (Lipinski definition) is 4. The number of amides is 2. The van der Waals surface area contributed by atoms with E-state index >= 15 is 0 Å². The van der Waals surface area contributed by atoms with Crippen LogP contribution in [-0.4, -0.2) is 25.0 Å². The van der Waals surface area contributed by atoms with E-state index in [4.69, 9.17) is 4.74 Å². The van der Waals surface area contributed by atoms with Gasteiger partial charge in [-0.3, -0.25) is 9.59 Å². The van der Waals surface area contributed by atoms with Crippen molar-refractivity contribution in [2.24, 2.45) is 0 Å². The minimum atomic E-state index is -0.162. The number of benzene rings is 2. The van der Waals surface area contributed by atoms with Gasteiger partial charge in [0.2, 0.25) is 11.8 Å². The van der Waals surface area contributed by atoms with E-state index in [2.05, 4.69) is 16.0 Å². The number of hydrogen-bond donors (Lipinski definition) is 3. The molecule has 0 unspecified atom stereocenters. The van der Waals surface area contributed by atoms with Gasteiger partial charge in [0.05, 0.1) is 13.2 Å². The first kappa shape index (κ1) is 20.3. The predicted octanol–water partition coefficient (Wildman–Crippen LogP) is 4.18. The first-order chi connectivity index (χ1) is 13.0. The Kier molecular flexibility index (Phi) is 7.67. The quantitative estimate of drug-likeness (QED) is 0.619. The number of ether oxygens (including phenoxy) is 1. The Morgan fingerprint density at radius 1 is 0.963 bits per heavy atom. The third-order valence-electron chi connectivity index (χ3n) is 3.96. The van der Waals surface area contributed by atoms with Gasteiger partial charge in [0.1, 0.15) is 5.75 Å². The van der Waals surface area contributed by atoms with Crippen LogP contribution in [0.5, 0.6) is 5.75 Å². The molecule has 2 aromatic carbocycles. The van der Waals surface area contributed by atoms with Crippen molar-refractivity contribution in [2.75, 3.05) is 29.1 Å². The van der Waals surface area contributed by atoms with E-state index in [1.807, 2.05) is 50.2 Å². The van der Waals surface area contributed by atoms with E-state index < -0.39 is 0 Å². The third-order valence-corrected chi connectivity index (χ3v) is 3.96. The van der Waals surface area contributed by atoms with Crippen molar-refractivity contribution in [3.63, 3.8) is 0 Å². The van der Waals surface area contributed by atoms with E-state index in [1.165, 1.54) is 0 Å². The van der Waals surface area contributed by atoms with Crippen LogP contribution in [0.1, 0.15) is 32.3 Å². The number of anilines is 3. The van der Waals surface area contributed by atoms with Gasteiger partial charge < -0.3 is 20.7 Å². The zero-order valence-electron chi connectivity index (χ0n) is 16.1. The Morgan fingerprint density at radius 3 is 2.44 bits per heavy atom. The van der Waals surface area contributed by atoms with E-state index in [1.54, 1.807) is 13.0 Å². The molecule has 0 saturated carbocycles. The second-order valence-corrected chi connectivity index (χ2v) is 6.16. The van der Waals surface area contributed by atoms with Crippen molar-refractivity contribution < 1.29 is 14.3 Å². The number of carbonyl (C=O) groups is 2. The molecule has 0 aliphatic rings. The maximum Gasteiger partial charge on any atom is 0.243 e. The van der Waals surface area contributed by atoms with Gasteiger partial charge in [-0.1, -0.05) is 26.0 Å². The Labute approximate surface area is 160 Å². The molecule has 3 N–H and O–H groups in total. The standard InChI is InChI=1S/C21H27N3O3/c1-4-12-27-17-9-6-8-16(13-17)23-21(26)14-22-18-10-7-11-19(15(18)3)24-20(25)5-2/h6-11,13,22H,4-5,12,14H2,1-3H3,(H,23,26)(H,24,25). The molecule has 27 heavy (non-hydrogen) atoms. The highest BCUT2D eigenvalue weighted by atomic mass is 16.5. The van der Waals surface area contributed by atoms with Gasteiger partial charge in [-0.25, -0.2) is 0 Å². The topological polar surface area (TPSA) is 79.5 Å². The largest absolute Gasteiger partial charge is 0.494 e. The Morgan fingerprint density at radius 2 is 1.70 bits per heavy atom. The van der Waals surface area contributed by atoms with Gasteiger partial charge in [-0.2, -0.15) is 0 Å². The zero-order chi connectivity index (χ0) is 19.6. The fourth-order valence-electron chi connectivity index (χ4n) is 2.47. The van der Waals surface area contributed by atoms with E-state index in [-0.39, 0.29) is 18.4 Å². The molecule has 6 nitrogen and oxygen atoms in total. The van der Waals surface area contributed by atoms with Crippen molar-refractivity contribution in [1.82, 2.24) is 0 Å². The van der Waals surface area contributed by atoms with Gasteiger partial charge in [0.15, 0.2) is 0 Å². The summed E-state index contributed by atoms with van der Waals surface area (Å²) in [6, 6.07) is 12.9. The van der Waals surface area contributed by atoms with Crippen molar-refractivity contribution in [3.8, 4) is 5.75 Å². The maximum absolute atomic E-state index is 12.2. The summed E-state index contributed by atoms with van der Waals surface area (Å²) >= 11 is 0. The third kappa shape index (κ3) is 6.33. The summed E-state index contributed by atoms with van der Waals surface area (Å²) in [6.45, 7) is 6.51. The molecule has 0 aromatic heterocycles. The molecule has 0 atom stereocenters. The van der Waals surface area contributed by atoms with E-state index in [9.17, 15) is 9.59 Å². The average molecular weight is 369 g/mol. The monoisotopic (exact) mass is 369 g/mol. The highest BCUT2D eigenvalue weighted by Crippen LogP contribution is 2.23. The molecule has 0 fully saturated rings. The fourth-order valence-corrected chi connectivity index (χ4v) is 2.47. The first-order valence-electron chi connectivity index (χ1n) is 9.19. The summed E-state index contributed by atoms with van der Waals surface area (Å²) in [7, 11) is 0. The molecule has 0 bridgehead atoms. The normalized spacial score (nSPS) is 10.2. The first-order valence-corrected chi connectivity index (χ1v) is 9.19. The summed E-state index contributed by atoms with van der Waals surface area (Å²) in [5.41, 5.74) is 3.13. The summed E-state index contributed by atoms with van der Waals surface area (Å²) in [5, 5.41) is 8.83. The van der Waals surface area contributed by atoms with Gasteiger partial charge >= 0.3 is 0 Å². The lowest BCUT2D eigenvalue weighted by Gasteiger charge is -2.14. The molecular weight excluding hydrogens is 342 g/mol. The molecule has 0 radical (unpaired) electrons. The maximum atomic E-state index is 12.2. The number of nitrogens with one attached hydrogen (secondary N) is 3. The molecule has 0 saturated heterocycles. The number of rotatable bonds is 9. The molecule has 0 spiro atoms. The smallest absolute Gasteiger partial charge is 0.243 e. The highest BCUT2D eigenvalue weighted by molar-refractivity contribution is 5.95. The van der Waals surface area contributed by atoms with Crippen molar-refractivity contribution in [3.05, 3.63) is 48.0 Å². The molecule has 0 heterocycles. The van der Waals surface area contributed by atoms with Crippen LogP contribution in [0.2, 0.25) is 0 Å². The van der Waals surface area contributed by atoms with E-state index in [0.29, 0.717) is 18.7 Å².